The van der Waals surface area contributed by atoms with Gasteiger partial charge in [-0.2, -0.15) is 0 Å². The average Bonchev–Trinajstić information content (AvgIpc) is 2.19. The van der Waals surface area contributed by atoms with Crippen LogP contribution < -0.4 is 5.32 Å². The van der Waals surface area contributed by atoms with Gasteiger partial charge in [-0.3, -0.25) is 4.98 Å². The number of anilines is 1. The molecule has 92 valence electrons. The predicted octanol–water partition coefficient (Wildman–Crippen LogP) is 2.29. The fourth-order valence-electron chi connectivity index (χ4n) is 1.02. The molecule has 0 aromatic carbocycles. The van der Waals surface area contributed by atoms with Crippen LogP contribution in [0.25, 0.3) is 0 Å². The SMILES string of the molecule is CCOC(=O)[C@H](C)Nc1ccncc1.Cl.Cl. The number of rotatable bonds is 4. The van der Waals surface area contributed by atoms with Gasteiger partial charge in [0.2, 0.25) is 0 Å². The molecule has 1 heterocycles. The number of nitrogens with one attached hydrogen (secondary N) is 1. The molecule has 0 bridgehead atoms. The van der Waals surface area contributed by atoms with Crippen molar-refractivity contribution in [1.82, 2.24) is 4.98 Å². The number of ether oxygens (including phenoxy) is 1. The van der Waals surface area contributed by atoms with Gasteiger partial charge in [-0.1, -0.05) is 0 Å². The second-order valence-corrected chi connectivity index (χ2v) is 2.85. The molecule has 1 N–H and O–H groups in total. The molecular weight excluding hydrogens is 251 g/mol. The molecule has 6 heteroatoms. The molecule has 1 aromatic rings. The minimum absolute atomic E-state index is 0. The molecule has 0 spiro atoms. The summed E-state index contributed by atoms with van der Waals surface area (Å²) in [4.78, 5) is 15.1. The second-order valence-electron chi connectivity index (χ2n) is 2.85. The van der Waals surface area contributed by atoms with E-state index >= 15 is 0 Å². The van der Waals surface area contributed by atoms with Gasteiger partial charge in [0, 0.05) is 18.1 Å². The monoisotopic (exact) mass is 266 g/mol. The maximum absolute atomic E-state index is 11.2. The number of esters is 1. The number of carbonyl (C=O) groups excluding carboxylic acids is 1. The highest BCUT2D eigenvalue weighted by molar-refractivity contribution is 5.85. The molecule has 0 radical (unpaired) electrons. The highest BCUT2D eigenvalue weighted by atomic mass is 35.5. The molecule has 1 rings (SSSR count). The van der Waals surface area contributed by atoms with E-state index in [0.29, 0.717) is 6.61 Å². The summed E-state index contributed by atoms with van der Waals surface area (Å²) in [5.74, 6) is -0.246. The topological polar surface area (TPSA) is 51.2 Å². The van der Waals surface area contributed by atoms with Crippen LogP contribution in [-0.2, 0) is 9.53 Å². The van der Waals surface area contributed by atoms with Crippen LogP contribution in [0, 0.1) is 0 Å². The quantitative estimate of drug-likeness (QED) is 0.850. The Morgan fingerprint density at radius 1 is 1.44 bits per heavy atom. The lowest BCUT2D eigenvalue weighted by atomic mass is 10.3. The van der Waals surface area contributed by atoms with E-state index in [2.05, 4.69) is 10.3 Å². The van der Waals surface area contributed by atoms with Gasteiger partial charge in [-0.05, 0) is 26.0 Å². The molecule has 1 atom stereocenters. The summed E-state index contributed by atoms with van der Waals surface area (Å²) in [5.41, 5.74) is 0.862. The number of hydrogen-bond donors (Lipinski definition) is 1. The number of aromatic nitrogens is 1. The summed E-state index contributed by atoms with van der Waals surface area (Å²) in [6.45, 7) is 3.96. The lowest BCUT2D eigenvalue weighted by Crippen LogP contribution is -2.28. The van der Waals surface area contributed by atoms with Gasteiger partial charge in [-0.25, -0.2) is 4.79 Å². The number of hydrogen-bond acceptors (Lipinski definition) is 4. The van der Waals surface area contributed by atoms with Gasteiger partial charge in [0.15, 0.2) is 0 Å². The summed E-state index contributed by atoms with van der Waals surface area (Å²) in [6, 6.07) is 3.27. The van der Waals surface area contributed by atoms with Crippen molar-refractivity contribution in [3.63, 3.8) is 0 Å². The lowest BCUT2D eigenvalue weighted by molar-refractivity contribution is -0.143. The average molecular weight is 267 g/mol. The maximum atomic E-state index is 11.2. The van der Waals surface area contributed by atoms with Crippen molar-refractivity contribution in [2.45, 2.75) is 19.9 Å². The zero-order valence-corrected chi connectivity index (χ0v) is 10.8. The molecule has 0 amide bonds. The molecule has 0 aliphatic carbocycles. The maximum Gasteiger partial charge on any atom is 0.328 e. The van der Waals surface area contributed by atoms with Gasteiger partial charge in [0.1, 0.15) is 6.04 Å². The van der Waals surface area contributed by atoms with Crippen LogP contribution in [0.4, 0.5) is 5.69 Å². The summed E-state index contributed by atoms with van der Waals surface area (Å²) in [5, 5.41) is 3.01. The Balaban J connectivity index is 0. The third kappa shape index (κ3) is 5.78. The molecule has 1 aromatic heterocycles. The molecule has 0 aliphatic rings. The van der Waals surface area contributed by atoms with Crippen molar-refractivity contribution >= 4 is 36.5 Å². The van der Waals surface area contributed by atoms with Crippen LogP contribution in [-0.4, -0.2) is 23.6 Å². The van der Waals surface area contributed by atoms with Gasteiger partial charge in [0.05, 0.1) is 6.61 Å². The summed E-state index contributed by atoms with van der Waals surface area (Å²) in [6.07, 6.45) is 3.33. The highest BCUT2D eigenvalue weighted by Crippen LogP contribution is 2.05. The largest absolute Gasteiger partial charge is 0.464 e. The molecule has 0 saturated heterocycles. The Hall–Kier alpha value is -1.00. The third-order valence-electron chi connectivity index (χ3n) is 1.70. The number of nitrogens with zero attached hydrogens (tertiary/aromatic N) is 1. The summed E-state index contributed by atoms with van der Waals surface area (Å²) in [7, 11) is 0. The first kappa shape index (κ1) is 17.4. The summed E-state index contributed by atoms with van der Waals surface area (Å²) >= 11 is 0. The van der Waals surface area contributed by atoms with E-state index in [-0.39, 0.29) is 36.8 Å². The third-order valence-corrected chi connectivity index (χ3v) is 1.70. The molecule has 0 unspecified atom stereocenters. The molecule has 0 aliphatic heterocycles. The van der Waals surface area contributed by atoms with Crippen molar-refractivity contribution in [2.24, 2.45) is 0 Å². The minimum Gasteiger partial charge on any atom is -0.464 e. The van der Waals surface area contributed by atoms with E-state index in [0.717, 1.165) is 5.69 Å². The van der Waals surface area contributed by atoms with Crippen molar-refractivity contribution < 1.29 is 9.53 Å². The van der Waals surface area contributed by atoms with Crippen molar-refractivity contribution in [2.75, 3.05) is 11.9 Å². The van der Waals surface area contributed by atoms with E-state index in [1.807, 2.05) is 0 Å². The molecule has 16 heavy (non-hydrogen) atoms. The zero-order chi connectivity index (χ0) is 10.4. The normalized spacial score (nSPS) is 10.4. The lowest BCUT2D eigenvalue weighted by Gasteiger charge is -2.13. The first-order valence-electron chi connectivity index (χ1n) is 4.57. The zero-order valence-electron chi connectivity index (χ0n) is 9.17. The van der Waals surface area contributed by atoms with Crippen LogP contribution in [0.3, 0.4) is 0 Å². The fourth-order valence-corrected chi connectivity index (χ4v) is 1.02. The predicted molar refractivity (Wildman–Crippen MR) is 68.5 cm³/mol. The van der Waals surface area contributed by atoms with Gasteiger partial charge >= 0.3 is 5.97 Å². The Morgan fingerprint density at radius 2 is 2.00 bits per heavy atom. The van der Waals surface area contributed by atoms with Crippen LogP contribution in [0.15, 0.2) is 24.5 Å². The van der Waals surface area contributed by atoms with Crippen LogP contribution >= 0.6 is 24.8 Å². The van der Waals surface area contributed by atoms with E-state index in [4.69, 9.17) is 4.74 Å². The van der Waals surface area contributed by atoms with Crippen molar-refractivity contribution in [3.8, 4) is 0 Å². The number of pyridine rings is 1. The number of carbonyl (C=O) groups is 1. The van der Waals surface area contributed by atoms with E-state index in [1.54, 1.807) is 38.4 Å². The van der Waals surface area contributed by atoms with Gasteiger partial charge in [-0.15, -0.1) is 24.8 Å². The van der Waals surface area contributed by atoms with E-state index in [9.17, 15) is 4.79 Å². The van der Waals surface area contributed by atoms with E-state index in [1.165, 1.54) is 0 Å². The van der Waals surface area contributed by atoms with Crippen molar-refractivity contribution in [3.05, 3.63) is 24.5 Å². The first-order valence-corrected chi connectivity index (χ1v) is 4.57. The van der Waals surface area contributed by atoms with Gasteiger partial charge in [0.25, 0.3) is 0 Å². The minimum atomic E-state index is -0.336. The van der Waals surface area contributed by atoms with E-state index < -0.39 is 0 Å². The second kappa shape index (κ2) is 9.24. The Labute approximate surface area is 108 Å². The van der Waals surface area contributed by atoms with Crippen LogP contribution in [0.2, 0.25) is 0 Å². The smallest absolute Gasteiger partial charge is 0.328 e. The molecule has 0 fully saturated rings. The molecular formula is C10H16Cl2N2O2. The van der Waals surface area contributed by atoms with Crippen LogP contribution in [0.5, 0.6) is 0 Å². The Kier molecular flexibility index (Phi) is 10.0. The number of halogens is 2. The highest BCUT2D eigenvalue weighted by Gasteiger charge is 2.12. The Morgan fingerprint density at radius 3 is 2.50 bits per heavy atom. The fraction of sp³-hybridized carbons (Fsp3) is 0.400. The summed E-state index contributed by atoms with van der Waals surface area (Å²) < 4.78 is 4.86. The Bertz CT molecular complexity index is 296. The standard InChI is InChI=1S/C10H14N2O2.2ClH/c1-3-14-10(13)8(2)12-9-4-6-11-7-5-9;;/h4-8H,3H2,1-2H3,(H,11,12);2*1H/t8-;;/m0../s1. The first-order chi connectivity index (χ1) is 6.74. The van der Waals surface area contributed by atoms with Crippen molar-refractivity contribution in [1.29, 1.82) is 0 Å². The molecule has 0 saturated carbocycles. The van der Waals surface area contributed by atoms with Crippen LogP contribution in [0.1, 0.15) is 13.8 Å². The molecule has 4 nitrogen and oxygen atoms in total. The van der Waals surface area contributed by atoms with Gasteiger partial charge < -0.3 is 10.1 Å².